The van der Waals surface area contributed by atoms with E-state index in [0.29, 0.717) is 5.92 Å². The van der Waals surface area contributed by atoms with Crippen LogP contribution in [0.1, 0.15) is 34.1 Å². The van der Waals surface area contributed by atoms with Gasteiger partial charge in [-0.3, -0.25) is 4.79 Å². The summed E-state index contributed by atoms with van der Waals surface area (Å²) in [5.41, 5.74) is -0.0898. The maximum atomic E-state index is 11.6. The second-order valence-electron chi connectivity index (χ2n) is 4.75. The van der Waals surface area contributed by atoms with Crippen LogP contribution < -0.4 is 0 Å². The SMILES string of the molecule is CC1CN(C(=O)[C@@H](C)O)C(C)(C)C1. The fourth-order valence-electron chi connectivity index (χ4n) is 2.20. The predicted octanol–water partition coefficient (Wildman–Crippen LogP) is 1.01. The number of carbonyl (C=O) groups is 1. The minimum absolute atomic E-state index is 0.0898. The van der Waals surface area contributed by atoms with E-state index in [2.05, 4.69) is 20.8 Å². The van der Waals surface area contributed by atoms with Crippen LogP contribution >= 0.6 is 0 Å². The number of carbonyl (C=O) groups excluding carboxylic acids is 1. The molecule has 0 aromatic heterocycles. The maximum absolute atomic E-state index is 11.6. The minimum Gasteiger partial charge on any atom is -0.384 e. The first-order valence-corrected chi connectivity index (χ1v) is 4.84. The maximum Gasteiger partial charge on any atom is 0.251 e. The second kappa shape index (κ2) is 3.29. The van der Waals surface area contributed by atoms with Crippen LogP contribution in [0.2, 0.25) is 0 Å². The fraction of sp³-hybridized carbons (Fsp3) is 0.900. The van der Waals surface area contributed by atoms with Gasteiger partial charge in [0, 0.05) is 12.1 Å². The molecule has 0 bridgehead atoms. The van der Waals surface area contributed by atoms with Gasteiger partial charge in [-0.25, -0.2) is 0 Å². The molecule has 2 atom stereocenters. The van der Waals surface area contributed by atoms with Crippen molar-refractivity contribution in [1.82, 2.24) is 4.90 Å². The first-order chi connectivity index (χ1) is 5.84. The Balaban J connectivity index is 2.75. The molecule has 0 spiro atoms. The van der Waals surface area contributed by atoms with Crippen molar-refractivity contribution in [3.8, 4) is 0 Å². The lowest BCUT2D eigenvalue weighted by Crippen LogP contribution is -2.46. The Morgan fingerprint density at radius 1 is 1.62 bits per heavy atom. The molecule has 1 fully saturated rings. The smallest absolute Gasteiger partial charge is 0.251 e. The quantitative estimate of drug-likeness (QED) is 0.662. The molecule has 13 heavy (non-hydrogen) atoms. The molecule has 0 aromatic carbocycles. The molecule has 0 aliphatic carbocycles. The van der Waals surface area contributed by atoms with Crippen LogP contribution in [0.3, 0.4) is 0 Å². The normalized spacial score (nSPS) is 29.0. The molecule has 0 saturated carbocycles. The Hall–Kier alpha value is -0.570. The van der Waals surface area contributed by atoms with Crippen molar-refractivity contribution in [2.75, 3.05) is 6.54 Å². The summed E-state index contributed by atoms with van der Waals surface area (Å²) in [7, 11) is 0. The Morgan fingerprint density at radius 2 is 2.15 bits per heavy atom. The van der Waals surface area contributed by atoms with Crippen LogP contribution in [0, 0.1) is 5.92 Å². The Kier molecular flexibility index (Phi) is 2.66. The van der Waals surface area contributed by atoms with Crippen LogP contribution in [0.4, 0.5) is 0 Å². The number of likely N-dealkylation sites (tertiary alicyclic amines) is 1. The van der Waals surface area contributed by atoms with Gasteiger partial charge in [0.1, 0.15) is 6.10 Å². The van der Waals surface area contributed by atoms with Gasteiger partial charge in [-0.15, -0.1) is 0 Å². The Bertz CT molecular complexity index is 211. The van der Waals surface area contributed by atoms with E-state index in [-0.39, 0.29) is 11.4 Å². The number of aliphatic hydroxyl groups is 1. The largest absolute Gasteiger partial charge is 0.384 e. The molecule has 1 aliphatic heterocycles. The Labute approximate surface area is 79.7 Å². The lowest BCUT2D eigenvalue weighted by molar-refractivity contribution is -0.142. The summed E-state index contributed by atoms with van der Waals surface area (Å²) in [6.45, 7) is 8.54. The molecule has 1 saturated heterocycles. The average Bonchev–Trinajstić information content (AvgIpc) is 2.22. The number of hydrogen-bond acceptors (Lipinski definition) is 2. The summed E-state index contributed by atoms with van der Waals surface area (Å²) in [4.78, 5) is 13.4. The molecule has 1 amide bonds. The van der Waals surface area contributed by atoms with E-state index < -0.39 is 6.10 Å². The van der Waals surface area contributed by atoms with Crippen molar-refractivity contribution in [3.63, 3.8) is 0 Å². The number of rotatable bonds is 1. The van der Waals surface area contributed by atoms with Crippen molar-refractivity contribution >= 4 is 5.91 Å². The van der Waals surface area contributed by atoms with E-state index >= 15 is 0 Å². The summed E-state index contributed by atoms with van der Waals surface area (Å²) < 4.78 is 0. The van der Waals surface area contributed by atoms with Crippen LogP contribution in [0.15, 0.2) is 0 Å². The molecular formula is C10H19NO2. The predicted molar refractivity (Wildman–Crippen MR) is 51.3 cm³/mol. The van der Waals surface area contributed by atoms with Crippen LogP contribution in [0.5, 0.6) is 0 Å². The highest BCUT2D eigenvalue weighted by atomic mass is 16.3. The lowest BCUT2D eigenvalue weighted by atomic mass is 9.97. The lowest BCUT2D eigenvalue weighted by Gasteiger charge is -2.32. The van der Waals surface area contributed by atoms with Crippen LogP contribution in [-0.4, -0.2) is 34.1 Å². The highest BCUT2D eigenvalue weighted by Gasteiger charge is 2.40. The zero-order chi connectivity index (χ0) is 10.2. The molecular weight excluding hydrogens is 166 g/mol. The fourth-order valence-corrected chi connectivity index (χ4v) is 2.20. The third-order valence-electron chi connectivity index (χ3n) is 2.70. The van der Waals surface area contributed by atoms with Crippen molar-refractivity contribution in [2.24, 2.45) is 5.92 Å². The van der Waals surface area contributed by atoms with Gasteiger partial charge in [0.05, 0.1) is 0 Å². The van der Waals surface area contributed by atoms with E-state index in [1.165, 1.54) is 6.92 Å². The number of nitrogens with zero attached hydrogens (tertiary/aromatic N) is 1. The van der Waals surface area contributed by atoms with Gasteiger partial charge in [-0.2, -0.15) is 0 Å². The van der Waals surface area contributed by atoms with E-state index in [0.717, 1.165) is 13.0 Å². The van der Waals surface area contributed by atoms with Gasteiger partial charge in [-0.05, 0) is 33.1 Å². The molecule has 1 rings (SSSR count). The Morgan fingerprint density at radius 3 is 2.46 bits per heavy atom. The summed E-state index contributed by atoms with van der Waals surface area (Å²) in [5.74, 6) is 0.395. The standard InChI is InChI=1S/C10H19NO2/c1-7-5-10(3,4)11(6-7)9(13)8(2)12/h7-8,12H,5-6H2,1-4H3/t7?,8-/m1/s1. The van der Waals surface area contributed by atoms with E-state index in [9.17, 15) is 9.90 Å². The molecule has 1 N–H and O–H groups in total. The number of hydrogen-bond donors (Lipinski definition) is 1. The molecule has 3 heteroatoms. The monoisotopic (exact) mass is 185 g/mol. The first kappa shape index (κ1) is 10.5. The molecule has 1 unspecified atom stereocenters. The third kappa shape index (κ3) is 2.02. The van der Waals surface area contributed by atoms with Gasteiger partial charge >= 0.3 is 0 Å². The van der Waals surface area contributed by atoms with Gasteiger partial charge in [0.25, 0.3) is 5.91 Å². The van der Waals surface area contributed by atoms with Gasteiger partial charge in [-0.1, -0.05) is 6.92 Å². The summed E-state index contributed by atoms with van der Waals surface area (Å²) in [6.07, 6.45) is 0.149. The summed E-state index contributed by atoms with van der Waals surface area (Å²) >= 11 is 0. The number of amides is 1. The van der Waals surface area contributed by atoms with Crippen LogP contribution in [-0.2, 0) is 4.79 Å². The van der Waals surface area contributed by atoms with Crippen LogP contribution in [0.25, 0.3) is 0 Å². The molecule has 1 heterocycles. The van der Waals surface area contributed by atoms with Crippen molar-refractivity contribution in [3.05, 3.63) is 0 Å². The van der Waals surface area contributed by atoms with Crippen molar-refractivity contribution in [1.29, 1.82) is 0 Å². The topological polar surface area (TPSA) is 40.5 Å². The average molecular weight is 185 g/mol. The van der Waals surface area contributed by atoms with E-state index in [1.807, 2.05) is 0 Å². The first-order valence-electron chi connectivity index (χ1n) is 4.84. The molecule has 76 valence electrons. The summed E-state index contributed by atoms with van der Waals surface area (Å²) in [6, 6.07) is 0. The number of aliphatic hydroxyl groups excluding tert-OH is 1. The van der Waals surface area contributed by atoms with Gasteiger partial charge in [0.15, 0.2) is 0 Å². The third-order valence-corrected chi connectivity index (χ3v) is 2.70. The summed E-state index contributed by atoms with van der Waals surface area (Å²) in [5, 5.41) is 9.21. The molecule has 0 radical (unpaired) electrons. The molecule has 1 aliphatic rings. The van der Waals surface area contributed by atoms with E-state index in [4.69, 9.17) is 0 Å². The van der Waals surface area contributed by atoms with Gasteiger partial charge in [0.2, 0.25) is 0 Å². The zero-order valence-corrected chi connectivity index (χ0v) is 8.87. The minimum atomic E-state index is -0.871. The van der Waals surface area contributed by atoms with E-state index in [1.54, 1.807) is 4.90 Å². The molecule has 0 aromatic rings. The second-order valence-corrected chi connectivity index (χ2v) is 4.75. The van der Waals surface area contributed by atoms with Gasteiger partial charge < -0.3 is 10.0 Å². The van der Waals surface area contributed by atoms with Crippen molar-refractivity contribution in [2.45, 2.75) is 45.8 Å². The van der Waals surface area contributed by atoms with Crippen molar-refractivity contribution < 1.29 is 9.90 Å². The molecule has 3 nitrogen and oxygen atoms in total. The highest BCUT2D eigenvalue weighted by molar-refractivity contribution is 5.81. The highest BCUT2D eigenvalue weighted by Crippen LogP contribution is 2.32. The zero-order valence-electron chi connectivity index (χ0n) is 8.87.